The fraction of sp³-hybridized carbons (Fsp3) is 0.476. The molecule has 4 aromatic heterocycles. The lowest BCUT2D eigenvalue weighted by Crippen LogP contribution is -2.36. The molecule has 0 aliphatic carbocycles. The number of hydrogen-bond donors (Lipinski definition) is 1. The normalized spacial score (nSPS) is 15.5. The zero-order valence-electron chi connectivity index (χ0n) is 51.7. The van der Waals surface area contributed by atoms with Crippen molar-refractivity contribution in [1.29, 1.82) is 10.5 Å². The molecule has 20 nitrogen and oxygen atoms in total. The molecule has 0 radical (unpaired) electrons. The predicted octanol–water partition coefficient (Wildman–Crippen LogP) is 11.0. The minimum absolute atomic E-state index is 0.0223. The van der Waals surface area contributed by atoms with Crippen molar-refractivity contribution in [3.05, 3.63) is 128 Å². The van der Waals surface area contributed by atoms with Gasteiger partial charge in [-0.15, -0.1) is 0 Å². The molecule has 2 unspecified atom stereocenters. The van der Waals surface area contributed by atoms with E-state index in [1.165, 1.54) is 16.8 Å². The third-order valence-corrected chi connectivity index (χ3v) is 18.7. The van der Waals surface area contributed by atoms with Gasteiger partial charge in [-0.05, 0) is 76.5 Å². The van der Waals surface area contributed by atoms with Crippen molar-refractivity contribution < 1.29 is 46.0 Å². The number of halogens is 4. The maximum absolute atomic E-state index is 13.7. The number of ether oxygens (including phenoxy) is 5. The number of carbonyl (C=O) groups is 1. The number of hydrogen-bond acceptors (Lipinski definition) is 15. The summed E-state index contributed by atoms with van der Waals surface area (Å²) < 4.78 is 86.7. The average Bonchev–Trinajstić information content (AvgIpc) is 1.89. The summed E-state index contributed by atoms with van der Waals surface area (Å²) in [7, 11) is -2.69. The fourth-order valence-corrected chi connectivity index (χ4v) is 12.1. The molecule has 6 heterocycles. The minimum Gasteiger partial charge on any atom is -0.486 e. The molecule has 2 saturated heterocycles. The number of nitriles is 2. The number of nitrogens with one attached hydrogen (secondary N) is 1. The van der Waals surface area contributed by atoms with E-state index in [9.17, 15) is 42.5 Å². The van der Waals surface area contributed by atoms with Crippen molar-refractivity contribution in [2.45, 2.75) is 142 Å². The number of aromatic nitrogens is 8. The molecule has 0 bridgehead atoms. The molecule has 89 heavy (non-hydrogen) atoms. The Kier molecular flexibility index (Phi) is 20.4. The van der Waals surface area contributed by atoms with Crippen molar-refractivity contribution in [1.82, 2.24) is 48.9 Å². The van der Waals surface area contributed by atoms with Gasteiger partial charge in [-0.3, -0.25) is 9.59 Å². The van der Waals surface area contributed by atoms with Gasteiger partial charge in [-0.2, -0.15) is 20.7 Å². The molecule has 4 aromatic carbocycles. The molecule has 26 heteroatoms. The second-order valence-corrected chi connectivity index (χ2v) is 37.0. The van der Waals surface area contributed by atoms with Gasteiger partial charge < -0.3 is 43.0 Å². The number of fused-ring (bicyclic) bond motifs is 4. The van der Waals surface area contributed by atoms with Crippen LogP contribution in [0.25, 0.3) is 43.6 Å². The van der Waals surface area contributed by atoms with Crippen LogP contribution in [0, 0.1) is 22.7 Å². The highest BCUT2D eigenvalue weighted by Crippen LogP contribution is 2.32. The minimum atomic E-state index is -2.70. The first-order chi connectivity index (χ1) is 42.3. The molecular weight excluding hydrogens is 1180 g/mol. The zero-order chi connectivity index (χ0) is 64.0. The summed E-state index contributed by atoms with van der Waals surface area (Å²) in [5.74, 6) is 1.25. The van der Waals surface area contributed by atoms with Gasteiger partial charge in [0, 0.05) is 71.9 Å². The van der Waals surface area contributed by atoms with Crippen molar-refractivity contribution in [3.63, 3.8) is 0 Å². The van der Waals surface area contributed by atoms with E-state index in [-0.39, 0.29) is 72.3 Å². The SMILES string of the molecule is CC(C)(C)OC(=O)N1CCC(n2nc(Cc3nc4cc(OCC(F)F)c(C#N)cc4n3COCC[Si](C)(C)C)c3ccccc3c2=O)C1.C[Si](C)(C)CCOCn1c(Cc2nn(C3CCNC3)c(=O)c3ccccc23)nc2cc(OCC(F)F)c(C#N)cc21. The fourth-order valence-electron chi connectivity index (χ4n) is 10.6. The summed E-state index contributed by atoms with van der Waals surface area (Å²) in [5, 5.41) is 35.0. The van der Waals surface area contributed by atoms with Crippen LogP contribution in [-0.2, 0) is 40.5 Å². The predicted molar refractivity (Wildman–Crippen MR) is 336 cm³/mol. The molecule has 472 valence electrons. The van der Waals surface area contributed by atoms with Gasteiger partial charge in [0.15, 0.2) is 0 Å². The van der Waals surface area contributed by atoms with Gasteiger partial charge >= 0.3 is 6.09 Å². The van der Waals surface area contributed by atoms with Crippen LogP contribution in [0.3, 0.4) is 0 Å². The van der Waals surface area contributed by atoms with Crippen LogP contribution < -0.4 is 25.9 Å². The van der Waals surface area contributed by atoms with E-state index < -0.39 is 53.9 Å². The largest absolute Gasteiger partial charge is 0.486 e. The summed E-state index contributed by atoms with van der Waals surface area (Å²) in [6, 6.07) is 26.5. The molecule has 0 spiro atoms. The topological polar surface area (TPSA) is 231 Å². The van der Waals surface area contributed by atoms with Gasteiger partial charge in [-0.25, -0.2) is 41.7 Å². The Balaban J connectivity index is 0.000000214. The Morgan fingerprint density at radius 2 is 1.12 bits per heavy atom. The molecule has 8 aromatic rings. The first-order valence-electron chi connectivity index (χ1n) is 29.8. The van der Waals surface area contributed by atoms with E-state index in [2.05, 4.69) is 50.7 Å². The van der Waals surface area contributed by atoms with Crippen LogP contribution in [-0.4, -0.2) is 137 Å². The van der Waals surface area contributed by atoms with E-state index in [1.807, 2.05) is 72.4 Å². The third-order valence-electron chi connectivity index (χ3n) is 15.3. The molecule has 2 aliphatic rings. The maximum atomic E-state index is 13.7. The van der Waals surface area contributed by atoms with Gasteiger partial charge in [0.05, 0.1) is 80.3 Å². The number of likely N-dealkylation sites (tertiary alicyclic amines) is 1. The molecule has 1 amide bonds. The van der Waals surface area contributed by atoms with Gasteiger partial charge in [0.1, 0.15) is 67.6 Å². The van der Waals surface area contributed by atoms with Crippen molar-refractivity contribution in [3.8, 4) is 23.6 Å². The molecule has 1 N–H and O–H groups in total. The standard InChI is InChI=1S/C34H42F2N6O5Si.C29H34F2N6O3Si/c1-34(2,3)47-33(44)40-12-11-23(19-40)42-32(43)25-10-8-7-9-24(25)26(39-42)17-31-38-27-16-29(46-20-30(35)36)22(18-37)15-28(27)41(31)21-45-13-14-48(4,5)6;1-41(2,3)11-10-39-18-36-25-12-19(15-32)26(40-17-27(30)31)13-24(25)34-28(36)14-23-21-6-4-5-7-22(21)29(38)37(35-23)20-8-9-33-16-20/h7-10,15-16,23,30H,11-14,17,19-21H2,1-6H3;4-7,12-13,20,27,33H,8-11,14,16-18H2,1-3H3. The summed E-state index contributed by atoms with van der Waals surface area (Å²) in [5.41, 5.74) is 2.66. The lowest BCUT2D eigenvalue weighted by Gasteiger charge is -2.24. The van der Waals surface area contributed by atoms with E-state index in [0.717, 1.165) is 30.4 Å². The van der Waals surface area contributed by atoms with Crippen molar-refractivity contribution in [2.75, 3.05) is 52.6 Å². The van der Waals surface area contributed by atoms with Crippen LogP contribution >= 0.6 is 0 Å². The van der Waals surface area contributed by atoms with E-state index in [1.54, 1.807) is 33.8 Å². The first-order valence-corrected chi connectivity index (χ1v) is 37.2. The molecule has 0 saturated carbocycles. The van der Waals surface area contributed by atoms with Crippen LogP contribution in [0.4, 0.5) is 22.4 Å². The average molecular weight is 1260 g/mol. The van der Waals surface area contributed by atoms with E-state index in [4.69, 9.17) is 43.8 Å². The number of nitrogens with zero attached hydrogens (tertiary/aromatic N) is 11. The van der Waals surface area contributed by atoms with E-state index >= 15 is 0 Å². The molecule has 10 rings (SSSR count). The van der Waals surface area contributed by atoms with Crippen LogP contribution in [0.5, 0.6) is 11.5 Å². The lowest BCUT2D eigenvalue weighted by molar-refractivity contribution is 0.0288. The highest BCUT2D eigenvalue weighted by molar-refractivity contribution is 6.76. The molecule has 2 aliphatic heterocycles. The van der Waals surface area contributed by atoms with Crippen molar-refractivity contribution in [2.24, 2.45) is 0 Å². The Morgan fingerprint density at radius 3 is 1.53 bits per heavy atom. The summed E-state index contributed by atoms with van der Waals surface area (Å²) in [6.45, 7) is 21.0. The highest BCUT2D eigenvalue weighted by atomic mass is 28.3. The number of benzene rings is 4. The number of amides is 1. The molecular formula is C63H76F4N12O8Si2. The van der Waals surface area contributed by atoms with Gasteiger partial charge in [-0.1, -0.05) is 75.7 Å². The Morgan fingerprint density at radius 1 is 0.674 bits per heavy atom. The second kappa shape index (κ2) is 27.8. The second-order valence-electron chi connectivity index (χ2n) is 25.8. The summed E-state index contributed by atoms with van der Waals surface area (Å²) in [4.78, 5) is 51.1. The monoisotopic (exact) mass is 1260 g/mol. The summed E-state index contributed by atoms with van der Waals surface area (Å²) in [6.07, 6.45) is -3.97. The summed E-state index contributed by atoms with van der Waals surface area (Å²) >= 11 is 0. The Bertz CT molecular complexity index is 4080. The first kappa shape index (κ1) is 65.4. The number of alkyl halides is 4. The number of rotatable bonds is 22. The quantitative estimate of drug-likeness (QED) is 0.0378. The van der Waals surface area contributed by atoms with Crippen LogP contribution in [0.15, 0.2) is 82.4 Å². The number of carbonyl (C=O) groups excluding carboxylic acids is 1. The zero-order valence-corrected chi connectivity index (χ0v) is 53.7. The molecule has 2 atom stereocenters. The van der Waals surface area contributed by atoms with Gasteiger partial charge in [0.2, 0.25) is 0 Å². The van der Waals surface area contributed by atoms with E-state index in [0.29, 0.717) is 100 Å². The highest BCUT2D eigenvalue weighted by Gasteiger charge is 2.33. The van der Waals surface area contributed by atoms with Crippen molar-refractivity contribution >= 4 is 65.9 Å². The Hall–Kier alpha value is -8.02. The lowest BCUT2D eigenvalue weighted by atomic mass is 10.1. The maximum Gasteiger partial charge on any atom is 0.410 e. The van der Waals surface area contributed by atoms with Crippen LogP contribution in [0.2, 0.25) is 51.4 Å². The Labute approximate surface area is 514 Å². The van der Waals surface area contributed by atoms with Gasteiger partial charge in [0.25, 0.3) is 24.0 Å². The van der Waals surface area contributed by atoms with Crippen LogP contribution in [0.1, 0.15) is 79.9 Å². The number of imidazole rings is 2. The third kappa shape index (κ3) is 16.3. The smallest absolute Gasteiger partial charge is 0.410 e. The molecule has 2 fully saturated rings.